The molecule has 0 radical (unpaired) electrons. The van der Waals surface area contributed by atoms with Crippen molar-refractivity contribution in [2.75, 3.05) is 26.8 Å². The maximum Gasteiger partial charge on any atom is 0.303 e. The van der Waals surface area contributed by atoms with Gasteiger partial charge in [-0.3, -0.25) is 24.2 Å². The summed E-state index contributed by atoms with van der Waals surface area (Å²) in [6, 6.07) is 13.0. The highest BCUT2D eigenvalue weighted by molar-refractivity contribution is 6.12. The molecule has 11 nitrogen and oxygen atoms in total. The quantitative estimate of drug-likeness (QED) is 0.353. The minimum absolute atomic E-state index is 0.175. The third-order valence-corrected chi connectivity index (χ3v) is 7.31. The Balaban J connectivity index is 1.47. The van der Waals surface area contributed by atoms with Gasteiger partial charge in [-0.15, -0.1) is 0 Å². The van der Waals surface area contributed by atoms with Crippen molar-refractivity contribution in [3.05, 3.63) is 70.4 Å². The molecule has 0 atom stereocenters. The first-order chi connectivity index (χ1) is 19.3. The Bertz CT molecular complexity index is 1650. The summed E-state index contributed by atoms with van der Waals surface area (Å²) in [7, 11) is 3.21. The Morgan fingerprint density at radius 1 is 1.07 bits per heavy atom. The minimum Gasteiger partial charge on any atom is -0.493 e. The SMILES string of the molecule is COc1c(C(=O)NC2CCN(C(=O)COC(C)=O)CC2)n(C)c2c1c(=O)n(Cc1ccccn1)c1ccccc21. The zero-order valence-electron chi connectivity index (χ0n) is 22.7. The maximum absolute atomic E-state index is 13.9. The van der Waals surface area contributed by atoms with Crippen LogP contribution >= 0.6 is 0 Å². The van der Waals surface area contributed by atoms with Crippen LogP contribution in [0.3, 0.4) is 0 Å². The molecule has 4 aromatic rings. The van der Waals surface area contributed by atoms with Crippen LogP contribution in [0.5, 0.6) is 5.75 Å². The van der Waals surface area contributed by atoms with E-state index < -0.39 is 5.97 Å². The summed E-state index contributed by atoms with van der Waals surface area (Å²) in [5, 5.41) is 4.20. The van der Waals surface area contributed by atoms with E-state index in [0.717, 1.165) is 16.6 Å². The summed E-state index contributed by atoms with van der Waals surface area (Å²) in [5.41, 5.74) is 2.06. The molecule has 0 spiro atoms. The molecule has 2 amide bonds. The van der Waals surface area contributed by atoms with Crippen molar-refractivity contribution < 1.29 is 23.9 Å². The fraction of sp³-hybridized carbons (Fsp3) is 0.345. The number of rotatable bonds is 7. The van der Waals surface area contributed by atoms with Crippen molar-refractivity contribution in [2.24, 2.45) is 7.05 Å². The monoisotopic (exact) mass is 545 g/mol. The van der Waals surface area contributed by atoms with Crippen LogP contribution in [0, 0.1) is 0 Å². The second-order valence-corrected chi connectivity index (χ2v) is 9.80. The van der Waals surface area contributed by atoms with Gasteiger partial charge in [-0.1, -0.05) is 24.3 Å². The molecule has 1 saturated heterocycles. The first-order valence-electron chi connectivity index (χ1n) is 13.1. The van der Waals surface area contributed by atoms with E-state index in [1.54, 1.807) is 27.3 Å². The molecule has 0 bridgehead atoms. The van der Waals surface area contributed by atoms with Crippen molar-refractivity contribution >= 4 is 39.6 Å². The average molecular weight is 546 g/mol. The summed E-state index contributed by atoms with van der Waals surface area (Å²) < 4.78 is 13.9. The van der Waals surface area contributed by atoms with Gasteiger partial charge in [0, 0.05) is 44.7 Å². The van der Waals surface area contributed by atoms with E-state index in [9.17, 15) is 19.2 Å². The molecule has 0 unspecified atom stereocenters. The predicted octanol–water partition coefficient (Wildman–Crippen LogP) is 2.23. The summed E-state index contributed by atoms with van der Waals surface area (Å²) in [5.74, 6) is -0.908. The van der Waals surface area contributed by atoms with Crippen molar-refractivity contribution in [3.63, 3.8) is 0 Å². The molecular weight excluding hydrogens is 514 g/mol. The van der Waals surface area contributed by atoms with Crippen LogP contribution in [-0.2, 0) is 27.9 Å². The lowest BCUT2D eigenvalue weighted by Gasteiger charge is -2.32. The highest BCUT2D eigenvalue weighted by atomic mass is 16.5. The van der Waals surface area contributed by atoms with E-state index >= 15 is 0 Å². The molecule has 4 heterocycles. The van der Waals surface area contributed by atoms with Gasteiger partial charge in [0.2, 0.25) is 0 Å². The van der Waals surface area contributed by atoms with Gasteiger partial charge >= 0.3 is 5.97 Å². The molecule has 1 aromatic carbocycles. The van der Waals surface area contributed by atoms with E-state index in [0.29, 0.717) is 36.8 Å². The number of likely N-dealkylation sites (tertiary alicyclic amines) is 1. The van der Waals surface area contributed by atoms with Crippen LogP contribution in [0.15, 0.2) is 53.5 Å². The minimum atomic E-state index is -0.504. The summed E-state index contributed by atoms with van der Waals surface area (Å²) in [6.07, 6.45) is 2.78. The number of amides is 2. The Hall–Kier alpha value is -4.67. The number of para-hydroxylation sites is 1. The van der Waals surface area contributed by atoms with E-state index in [1.165, 1.54) is 14.0 Å². The first kappa shape index (κ1) is 26.9. The van der Waals surface area contributed by atoms with Crippen LogP contribution in [0.1, 0.15) is 35.9 Å². The lowest BCUT2D eigenvalue weighted by Crippen LogP contribution is -2.47. The Labute approximate surface area is 230 Å². The van der Waals surface area contributed by atoms with Crippen LogP contribution in [-0.4, -0.2) is 69.6 Å². The fourth-order valence-corrected chi connectivity index (χ4v) is 5.37. The number of pyridine rings is 2. The van der Waals surface area contributed by atoms with Crippen molar-refractivity contribution in [3.8, 4) is 5.75 Å². The van der Waals surface area contributed by atoms with Crippen molar-refractivity contribution in [2.45, 2.75) is 32.4 Å². The summed E-state index contributed by atoms with van der Waals surface area (Å²) in [6.45, 7) is 2.10. The van der Waals surface area contributed by atoms with Crippen molar-refractivity contribution in [1.82, 2.24) is 24.3 Å². The second-order valence-electron chi connectivity index (χ2n) is 9.80. The van der Waals surface area contributed by atoms with Gasteiger partial charge < -0.3 is 28.8 Å². The molecule has 5 rings (SSSR count). The molecule has 1 aliphatic rings. The molecule has 1 N–H and O–H groups in total. The number of hydrogen-bond acceptors (Lipinski definition) is 7. The van der Waals surface area contributed by atoms with Gasteiger partial charge in [-0.25, -0.2) is 0 Å². The number of fused-ring (bicyclic) bond motifs is 3. The normalized spacial score (nSPS) is 13.9. The molecule has 0 saturated carbocycles. The van der Waals surface area contributed by atoms with Crippen LogP contribution in [0.2, 0.25) is 0 Å². The Morgan fingerprint density at radius 2 is 1.80 bits per heavy atom. The van der Waals surface area contributed by atoms with Crippen LogP contribution in [0.4, 0.5) is 0 Å². The summed E-state index contributed by atoms with van der Waals surface area (Å²) >= 11 is 0. The van der Waals surface area contributed by atoms with E-state index in [-0.39, 0.29) is 48.0 Å². The summed E-state index contributed by atoms with van der Waals surface area (Å²) in [4.78, 5) is 56.9. The third kappa shape index (κ3) is 5.02. The lowest BCUT2D eigenvalue weighted by atomic mass is 10.0. The van der Waals surface area contributed by atoms with Crippen LogP contribution < -0.4 is 15.6 Å². The predicted molar refractivity (Wildman–Crippen MR) is 148 cm³/mol. The number of benzene rings is 1. The molecule has 0 aliphatic carbocycles. The largest absolute Gasteiger partial charge is 0.493 e. The lowest BCUT2D eigenvalue weighted by molar-refractivity contribution is -0.150. The fourth-order valence-electron chi connectivity index (χ4n) is 5.37. The number of esters is 1. The van der Waals surface area contributed by atoms with Gasteiger partial charge in [0.05, 0.1) is 30.4 Å². The number of hydrogen-bond donors (Lipinski definition) is 1. The number of ether oxygens (including phenoxy) is 2. The zero-order valence-corrected chi connectivity index (χ0v) is 22.7. The number of aryl methyl sites for hydroxylation is 1. The van der Waals surface area contributed by atoms with E-state index in [2.05, 4.69) is 10.3 Å². The maximum atomic E-state index is 13.9. The number of carbonyl (C=O) groups excluding carboxylic acids is 3. The molecular formula is C29H31N5O6. The average Bonchev–Trinajstić information content (AvgIpc) is 3.27. The van der Waals surface area contributed by atoms with Gasteiger partial charge in [-0.2, -0.15) is 0 Å². The Morgan fingerprint density at radius 3 is 2.48 bits per heavy atom. The smallest absolute Gasteiger partial charge is 0.303 e. The number of methoxy groups -OCH3 is 1. The third-order valence-electron chi connectivity index (χ3n) is 7.31. The number of aromatic nitrogens is 3. The number of piperidine rings is 1. The van der Waals surface area contributed by atoms with Crippen molar-refractivity contribution in [1.29, 1.82) is 0 Å². The first-order valence-corrected chi connectivity index (χ1v) is 13.1. The number of nitrogens with one attached hydrogen (secondary N) is 1. The highest BCUT2D eigenvalue weighted by Gasteiger charge is 2.30. The second kappa shape index (κ2) is 11.2. The molecule has 11 heteroatoms. The topological polar surface area (TPSA) is 125 Å². The van der Waals surface area contributed by atoms with E-state index in [4.69, 9.17) is 9.47 Å². The van der Waals surface area contributed by atoms with Crippen LogP contribution in [0.25, 0.3) is 21.8 Å². The molecule has 3 aromatic heterocycles. The molecule has 1 aliphatic heterocycles. The zero-order chi connectivity index (χ0) is 28.4. The molecule has 1 fully saturated rings. The molecule has 208 valence electrons. The van der Waals surface area contributed by atoms with Gasteiger partial charge in [0.1, 0.15) is 5.39 Å². The van der Waals surface area contributed by atoms with Gasteiger partial charge in [0.25, 0.3) is 17.4 Å². The number of carbonyl (C=O) groups is 3. The molecule has 40 heavy (non-hydrogen) atoms. The number of nitrogens with zero attached hydrogens (tertiary/aromatic N) is 4. The van der Waals surface area contributed by atoms with Gasteiger partial charge in [0.15, 0.2) is 18.1 Å². The Kier molecular flexibility index (Phi) is 7.54. The van der Waals surface area contributed by atoms with E-state index in [1.807, 2.05) is 42.5 Å². The van der Waals surface area contributed by atoms with Gasteiger partial charge in [-0.05, 0) is 31.0 Å². The standard InChI is InChI=1S/C29H31N5O6/c1-18(35)40-17-23(36)33-14-11-19(12-15-33)31-28(37)26-27(39-3)24-25(32(26)2)21-9-4-5-10-22(21)34(29(24)38)16-20-8-6-7-13-30-20/h4-10,13,19H,11-12,14-17H2,1-3H3,(H,31,37). The highest BCUT2D eigenvalue weighted by Crippen LogP contribution is 2.35.